The molecule has 0 spiro atoms. The Kier molecular flexibility index (Phi) is 2.82. The molecule has 0 bridgehead atoms. The quantitative estimate of drug-likeness (QED) is 0.851. The molecular weight excluding hydrogens is 239 g/mol. The summed E-state index contributed by atoms with van der Waals surface area (Å²) < 4.78 is 13.6. The maximum Gasteiger partial charge on any atom is 0.123 e. The van der Waals surface area contributed by atoms with Crippen LogP contribution in [0.5, 0.6) is 0 Å². The third-order valence-corrected chi connectivity index (χ3v) is 3.87. The summed E-state index contributed by atoms with van der Waals surface area (Å²) in [6.45, 7) is 3.98. The minimum absolute atomic E-state index is 0.226. The maximum atomic E-state index is 13.6. The molecule has 2 aromatic rings. The molecular formula is C16H19FN2. The Labute approximate surface area is 112 Å². The van der Waals surface area contributed by atoms with Crippen molar-refractivity contribution in [1.29, 1.82) is 0 Å². The number of halogens is 1. The highest BCUT2D eigenvalue weighted by atomic mass is 19.1. The largest absolute Gasteiger partial charge is 0.322 e. The lowest BCUT2D eigenvalue weighted by Crippen LogP contribution is -2.31. The fourth-order valence-corrected chi connectivity index (χ4v) is 3.13. The van der Waals surface area contributed by atoms with Gasteiger partial charge in [-0.05, 0) is 68.9 Å². The highest BCUT2D eigenvalue weighted by Crippen LogP contribution is 2.35. The number of rotatable bonds is 1. The van der Waals surface area contributed by atoms with Crippen molar-refractivity contribution in [2.24, 2.45) is 5.73 Å². The van der Waals surface area contributed by atoms with Gasteiger partial charge in [0.1, 0.15) is 5.82 Å². The molecule has 100 valence electrons. The van der Waals surface area contributed by atoms with Crippen molar-refractivity contribution < 1.29 is 4.39 Å². The number of hydrogen-bond acceptors (Lipinski definition) is 2. The van der Waals surface area contributed by atoms with Gasteiger partial charge in [0, 0.05) is 16.6 Å². The summed E-state index contributed by atoms with van der Waals surface area (Å²) in [5.74, 6) is -0.226. The molecule has 1 heterocycles. The zero-order valence-corrected chi connectivity index (χ0v) is 11.5. The number of nitrogens with zero attached hydrogens (tertiary/aromatic N) is 1. The van der Waals surface area contributed by atoms with Crippen molar-refractivity contribution in [3.05, 3.63) is 40.8 Å². The fourth-order valence-electron chi connectivity index (χ4n) is 3.13. The number of aryl methyl sites for hydroxylation is 1. The summed E-state index contributed by atoms with van der Waals surface area (Å²) >= 11 is 0. The lowest BCUT2D eigenvalue weighted by atomic mass is 9.82. The molecule has 1 aromatic carbocycles. The predicted octanol–water partition coefficient (Wildman–Crippen LogP) is 3.45. The second-order valence-electron chi connectivity index (χ2n) is 6.00. The first kappa shape index (κ1) is 12.5. The van der Waals surface area contributed by atoms with Crippen LogP contribution in [0.3, 0.4) is 0 Å². The number of pyridine rings is 1. The summed E-state index contributed by atoms with van der Waals surface area (Å²) in [5, 5.41) is 0.869. The second-order valence-corrected chi connectivity index (χ2v) is 6.00. The van der Waals surface area contributed by atoms with E-state index in [0.717, 1.165) is 35.0 Å². The van der Waals surface area contributed by atoms with E-state index in [0.29, 0.717) is 0 Å². The number of fused-ring (bicyclic) bond motifs is 2. The average Bonchev–Trinajstić information content (AvgIpc) is 2.34. The van der Waals surface area contributed by atoms with E-state index in [9.17, 15) is 4.39 Å². The maximum absolute atomic E-state index is 13.6. The van der Waals surface area contributed by atoms with Crippen LogP contribution in [0.2, 0.25) is 0 Å². The lowest BCUT2D eigenvalue weighted by Gasteiger charge is -2.28. The van der Waals surface area contributed by atoms with Crippen molar-refractivity contribution in [3.8, 4) is 0 Å². The van der Waals surface area contributed by atoms with Gasteiger partial charge in [0.25, 0.3) is 0 Å². The molecule has 1 aliphatic carbocycles. The minimum atomic E-state index is -0.476. The van der Waals surface area contributed by atoms with Crippen LogP contribution in [-0.4, -0.2) is 4.98 Å². The first-order chi connectivity index (χ1) is 8.97. The Morgan fingerprint density at radius 1 is 1.21 bits per heavy atom. The molecule has 3 heteroatoms. The standard InChI is InChI=1S/C16H19FN2/c1-16(2,18)15-11-5-3-4-6-13(11)19-14-8-7-10(17)9-12(14)15/h7-9H,3-6,18H2,1-2H3. The smallest absolute Gasteiger partial charge is 0.123 e. The molecule has 0 saturated carbocycles. The zero-order chi connectivity index (χ0) is 13.6. The van der Waals surface area contributed by atoms with E-state index in [1.807, 2.05) is 13.8 Å². The molecule has 2 N–H and O–H groups in total. The first-order valence-corrected chi connectivity index (χ1v) is 6.87. The van der Waals surface area contributed by atoms with Gasteiger partial charge in [-0.2, -0.15) is 0 Å². The van der Waals surface area contributed by atoms with E-state index in [-0.39, 0.29) is 5.82 Å². The van der Waals surface area contributed by atoms with E-state index >= 15 is 0 Å². The molecule has 0 radical (unpaired) electrons. The van der Waals surface area contributed by atoms with Crippen LogP contribution < -0.4 is 5.73 Å². The van der Waals surface area contributed by atoms with Crippen molar-refractivity contribution in [3.63, 3.8) is 0 Å². The molecule has 0 amide bonds. The summed E-state index contributed by atoms with van der Waals surface area (Å²) in [4.78, 5) is 4.71. The zero-order valence-electron chi connectivity index (χ0n) is 11.5. The summed E-state index contributed by atoms with van der Waals surface area (Å²) in [6, 6.07) is 4.80. The highest BCUT2D eigenvalue weighted by Gasteiger charge is 2.26. The molecule has 1 aliphatic rings. The van der Waals surface area contributed by atoms with Crippen molar-refractivity contribution in [1.82, 2.24) is 4.98 Å². The summed E-state index contributed by atoms with van der Waals surface area (Å²) in [6.07, 6.45) is 4.35. The Bertz CT molecular complexity index is 641. The van der Waals surface area contributed by atoms with Gasteiger partial charge >= 0.3 is 0 Å². The third kappa shape index (κ3) is 2.12. The number of benzene rings is 1. The topological polar surface area (TPSA) is 38.9 Å². The first-order valence-electron chi connectivity index (χ1n) is 6.87. The Balaban J connectivity index is 2.41. The molecule has 0 fully saturated rings. The molecule has 0 aliphatic heterocycles. The molecule has 3 rings (SSSR count). The number of nitrogens with two attached hydrogens (primary N) is 1. The van der Waals surface area contributed by atoms with Crippen LogP contribution in [0.15, 0.2) is 18.2 Å². The number of aromatic nitrogens is 1. The van der Waals surface area contributed by atoms with E-state index in [1.165, 1.54) is 24.5 Å². The van der Waals surface area contributed by atoms with Gasteiger partial charge in [0.15, 0.2) is 0 Å². The van der Waals surface area contributed by atoms with Gasteiger partial charge in [-0.15, -0.1) is 0 Å². The minimum Gasteiger partial charge on any atom is -0.322 e. The molecule has 1 aromatic heterocycles. The van der Waals surface area contributed by atoms with Crippen molar-refractivity contribution in [2.45, 2.75) is 45.1 Å². The fraction of sp³-hybridized carbons (Fsp3) is 0.438. The Morgan fingerprint density at radius 2 is 1.95 bits per heavy atom. The predicted molar refractivity (Wildman–Crippen MR) is 75.6 cm³/mol. The van der Waals surface area contributed by atoms with Crippen LogP contribution in [0.25, 0.3) is 10.9 Å². The second kappa shape index (κ2) is 4.27. The molecule has 0 saturated heterocycles. The van der Waals surface area contributed by atoms with E-state index in [4.69, 9.17) is 10.7 Å². The van der Waals surface area contributed by atoms with Crippen LogP contribution in [0, 0.1) is 5.82 Å². The summed E-state index contributed by atoms with van der Waals surface area (Å²) in [5.41, 5.74) is 10.2. The van der Waals surface area contributed by atoms with Crippen molar-refractivity contribution in [2.75, 3.05) is 0 Å². The highest BCUT2D eigenvalue weighted by molar-refractivity contribution is 5.85. The Hall–Kier alpha value is -1.48. The lowest BCUT2D eigenvalue weighted by molar-refractivity contribution is 0.540. The third-order valence-electron chi connectivity index (χ3n) is 3.87. The SMILES string of the molecule is CC(C)(N)c1c2c(nc3ccc(F)cc13)CCCC2. The van der Waals surface area contributed by atoms with Crippen molar-refractivity contribution >= 4 is 10.9 Å². The van der Waals surface area contributed by atoms with Crippen LogP contribution >= 0.6 is 0 Å². The van der Waals surface area contributed by atoms with Crippen LogP contribution in [-0.2, 0) is 18.4 Å². The van der Waals surface area contributed by atoms with Gasteiger partial charge in [-0.1, -0.05) is 0 Å². The van der Waals surface area contributed by atoms with E-state index < -0.39 is 5.54 Å². The van der Waals surface area contributed by atoms with Gasteiger partial charge in [0.2, 0.25) is 0 Å². The van der Waals surface area contributed by atoms with Gasteiger partial charge in [-0.3, -0.25) is 4.98 Å². The molecule has 19 heavy (non-hydrogen) atoms. The monoisotopic (exact) mass is 258 g/mol. The Morgan fingerprint density at radius 3 is 2.68 bits per heavy atom. The normalized spacial score (nSPS) is 15.6. The molecule has 2 nitrogen and oxygen atoms in total. The molecule has 0 unspecified atom stereocenters. The van der Waals surface area contributed by atoms with Gasteiger partial charge in [-0.25, -0.2) is 4.39 Å². The molecule has 0 atom stereocenters. The van der Waals surface area contributed by atoms with Crippen LogP contribution in [0.4, 0.5) is 4.39 Å². The number of hydrogen-bond donors (Lipinski definition) is 1. The van der Waals surface area contributed by atoms with E-state index in [1.54, 1.807) is 12.1 Å². The van der Waals surface area contributed by atoms with Gasteiger partial charge in [0.05, 0.1) is 5.52 Å². The average molecular weight is 258 g/mol. The van der Waals surface area contributed by atoms with Gasteiger partial charge < -0.3 is 5.73 Å². The summed E-state index contributed by atoms with van der Waals surface area (Å²) in [7, 11) is 0. The van der Waals surface area contributed by atoms with E-state index in [2.05, 4.69) is 0 Å². The van der Waals surface area contributed by atoms with Crippen LogP contribution in [0.1, 0.15) is 43.5 Å².